The van der Waals surface area contributed by atoms with E-state index < -0.39 is 12.8 Å². The number of carbonyl (C=O) groups is 1. The van der Waals surface area contributed by atoms with Crippen LogP contribution in [-0.2, 0) is 4.79 Å². The Morgan fingerprint density at radius 3 is 2.80 bits per heavy atom. The van der Waals surface area contributed by atoms with Crippen LogP contribution in [0.2, 0.25) is 0 Å². The molecule has 2 N–H and O–H groups in total. The molecule has 3 aromatic rings. The number of rotatable bonds is 7. The van der Waals surface area contributed by atoms with Crippen molar-refractivity contribution >= 4 is 17.2 Å². The van der Waals surface area contributed by atoms with Crippen LogP contribution in [0.4, 0.5) is 13.2 Å². The molecule has 1 saturated carbocycles. The molecule has 3 atom stereocenters. The van der Waals surface area contributed by atoms with Gasteiger partial charge in [0.15, 0.2) is 11.7 Å². The molecule has 1 aliphatic carbocycles. The van der Waals surface area contributed by atoms with Crippen LogP contribution in [0.3, 0.4) is 0 Å². The number of imidazole rings is 1. The Morgan fingerprint density at radius 1 is 1.30 bits per heavy atom. The van der Waals surface area contributed by atoms with Crippen LogP contribution in [0.5, 0.6) is 5.06 Å². The standard InChI is InChI=1S/C21H20F3N3O2S/c1-12(17-7-8-18(30-17)29-11-21(22,23)24)26-20(28)15-9-14(15)19-25-10-16(27-19)13-5-3-2-4-6-13/h2-8,10,12,14-15H,9,11H2,1H3,(H,25,27)(H,26,28)/t12-,14?,15?/m1/s1. The summed E-state index contributed by atoms with van der Waals surface area (Å²) in [6, 6.07) is 12.6. The first-order chi connectivity index (χ1) is 14.3. The molecule has 0 radical (unpaired) electrons. The van der Waals surface area contributed by atoms with Crippen molar-refractivity contribution in [3.63, 3.8) is 0 Å². The first-order valence-corrected chi connectivity index (χ1v) is 10.3. The normalized spacial score (nSPS) is 19.3. The second-order valence-electron chi connectivity index (χ2n) is 7.28. The first kappa shape index (κ1) is 20.5. The lowest BCUT2D eigenvalue weighted by atomic mass is 10.2. The number of H-pyrrole nitrogens is 1. The predicted molar refractivity (Wildman–Crippen MR) is 107 cm³/mol. The van der Waals surface area contributed by atoms with Gasteiger partial charge in [0.2, 0.25) is 5.91 Å². The minimum Gasteiger partial charge on any atom is -0.475 e. The number of halogens is 3. The summed E-state index contributed by atoms with van der Waals surface area (Å²) in [7, 11) is 0. The molecule has 0 saturated heterocycles. The number of nitrogens with one attached hydrogen (secondary N) is 2. The van der Waals surface area contributed by atoms with Crippen molar-refractivity contribution in [3.05, 3.63) is 59.4 Å². The third-order valence-electron chi connectivity index (χ3n) is 4.91. The molecular weight excluding hydrogens is 415 g/mol. The zero-order valence-electron chi connectivity index (χ0n) is 16.1. The van der Waals surface area contributed by atoms with Gasteiger partial charge in [-0.3, -0.25) is 4.79 Å². The molecule has 4 rings (SSSR count). The molecule has 1 aromatic carbocycles. The Labute approximate surface area is 175 Å². The van der Waals surface area contributed by atoms with Crippen molar-refractivity contribution < 1.29 is 22.7 Å². The van der Waals surface area contributed by atoms with Crippen molar-refractivity contribution in [1.82, 2.24) is 15.3 Å². The van der Waals surface area contributed by atoms with Crippen LogP contribution >= 0.6 is 11.3 Å². The Hall–Kier alpha value is -2.81. The maximum Gasteiger partial charge on any atom is 0.422 e. The summed E-state index contributed by atoms with van der Waals surface area (Å²) in [6.45, 7) is 0.473. The number of nitrogens with zero attached hydrogens (tertiary/aromatic N) is 1. The monoisotopic (exact) mass is 435 g/mol. The maximum absolute atomic E-state index is 12.6. The van der Waals surface area contributed by atoms with E-state index in [2.05, 4.69) is 15.3 Å². The van der Waals surface area contributed by atoms with Crippen LogP contribution in [-0.4, -0.2) is 28.7 Å². The summed E-state index contributed by atoms with van der Waals surface area (Å²) < 4.78 is 41.5. The number of aromatic amines is 1. The Kier molecular flexibility index (Phi) is 5.55. The molecule has 0 bridgehead atoms. The highest BCUT2D eigenvalue weighted by Crippen LogP contribution is 2.47. The molecule has 1 amide bonds. The van der Waals surface area contributed by atoms with Gasteiger partial charge in [0, 0.05) is 28.5 Å². The minimum atomic E-state index is -4.38. The fraction of sp³-hybridized carbons (Fsp3) is 0.333. The fourth-order valence-corrected chi connectivity index (χ4v) is 4.12. The van der Waals surface area contributed by atoms with E-state index in [9.17, 15) is 18.0 Å². The zero-order chi connectivity index (χ0) is 21.3. The average Bonchev–Trinajstić information content (AvgIpc) is 3.14. The van der Waals surface area contributed by atoms with Gasteiger partial charge in [-0.15, -0.1) is 11.3 Å². The Morgan fingerprint density at radius 2 is 2.07 bits per heavy atom. The molecule has 1 aliphatic rings. The van der Waals surface area contributed by atoms with Crippen molar-refractivity contribution in [2.24, 2.45) is 5.92 Å². The lowest BCUT2D eigenvalue weighted by Gasteiger charge is -2.12. The third-order valence-corrected chi connectivity index (χ3v) is 6.09. The molecular formula is C21H20F3N3O2S. The molecule has 0 aliphatic heterocycles. The second-order valence-corrected chi connectivity index (χ2v) is 8.35. The van der Waals surface area contributed by atoms with Gasteiger partial charge < -0.3 is 15.0 Å². The van der Waals surface area contributed by atoms with Crippen molar-refractivity contribution in [1.29, 1.82) is 0 Å². The lowest BCUT2D eigenvalue weighted by Crippen LogP contribution is -2.28. The summed E-state index contributed by atoms with van der Waals surface area (Å²) in [4.78, 5) is 21.1. The second kappa shape index (κ2) is 8.14. The van der Waals surface area contributed by atoms with E-state index in [1.54, 1.807) is 13.0 Å². The number of alkyl halides is 3. The average molecular weight is 435 g/mol. The van der Waals surface area contributed by atoms with E-state index in [0.29, 0.717) is 6.42 Å². The number of hydrogen-bond acceptors (Lipinski definition) is 4. The van der Waals surface area contributed by atoms with Crippen LogP contribution in [0, 0.1) is 5.92 Å². The summed E-state index contributed by atoms with van der Waals surface area (Å²) in [5, 5.41) is 3.11. The van der Waals surface area contributed by atoms with E-state index in [-0.39, 0.29) is 28.8 Å². The number of benzene rings is 1. The number of hydrogen-bond donors (Lipinski definition) is 2. The Bertz CT molecular complexity index is 1020. The molecule has 158 valence electrons. The summed E-state index contributed by atoms with van der Waals surface area (Å²) in [5.74, 6) is 0.587. The van der Waals surface area contributed by atoms with Crippen LogP contribution in [0.15, 0.2) is 48.7 Å². The fourth-order valence-electron chi connectivity index (χ4n) is 3.26. The van der Waals surface area contributed by atoms with E-state index >= 15 is 0 Å². The van der Waals surface area contributed by atoms with Crippen molar-refractivity contribution in [2.45, 2.75) is 31.5 Å². The number of aromatic nitrogens is 2. The Balaban J connectivity index is 1.31. The molecule has 5 nitrogen and oxygen atoms in total. The van der Waals surface area contributed by atoms with Gasteiger partial charge in [-0.1, -0.05) is 30.3 Å². The predicted octanol–water partition coefficient (Wildman–Crippen LogP) is 5.06. The van der Waals surface area contributed by atoms with Crippen molar-refractivity contribution in [3.8, 4) is 16.3 Å². The van der Waals surface area contributed by atoms with Crippen LogP contribution in [0.25, 0.3) is 11.3 Å². The van der Waals surface area contributed by atoms with Crippen LogP contribution in [0.1, 0.15) is 36.0 Å². The topological polar surface area (TPSA) is 67.0 Å². The van der Waals surface area contributed by atoms with Crippen molar-refractivity contribution in [2.75, 3.05) is 6.61 Å². The summed E-state index contributed by atoms with van der Waals surface area (Å²) in [6.07, 6.45) is -1.82. The number of carbonyl (C=O) groups excluding carboxylic acids is 1. The van der Waals surface area contributed by atoms with E-state index in [4.69, 9.17) is 4.74 Å². The SMILES string of the molecule is C[C@@H](NC(=O)C1CC1c1nc(-c2ccccc2)c[nH]1)c1ccc(OCC(F)(F)F)s1. The molecule has 2 aromatic heterocycles. The highest BCUT2D eigenvalue weighted by Gasteiger charge is 2.46. The first-order valence-electron chi connectivity index (χ1n) is 9.50. The maximum atomic E-state index is 12.6. The molecule has 9 heteroatoms. The lowest BCUT2D eigenvalue weighted by molar-refractivity contribution is -0.152. The highest BCUT2D eigenvalue weighted by molar-refractivity contribution is 7.13. The zero-order valence-corrected chi connectivity index (χ0v) is 16.9. The summed E-state index contributed by atoms with van der Waals surface area (Å²) in [5.41, 5.74) is 1.85. The van der Waals surface area contributed by atoms with E-state index in [1.165, 1.54) is 6.07 Å². The van der Waals surface area contributed by atoms with Gasteiger partial charge in [-0.2, -0.15) is 13.2 Å². The van der Waals surface area contributed by atoms with Gasteiger partial charge in [0.1, 0.15) is 5.82 Å². The molecule has 2 unspecified atom stereocenters. The van der Waals surface area contributed by atoms with E-state index in [0.717, 1.165) is 33.3 Å². The minimum absolute atomic E-state index is 0.0451. The quantitative estimate of drug-likeness (QED) is 0.545. The van der Waals surface area contributed by atoms with Gasteiger partial charge in [0.05, 0.1) is 11.7 Å². The largest absolute Gasteiger partial charge is 0.475 e. The molecule has 0 spiro atoms. The molecule has 1 fully saturated rings. The number of amides is 1. The molecule has 30 heavy (non-hydrogen) atoms. The van der Waals surface area contributed by atoms with Gasteiger partial charge >= 0.3 is 6.18 Å². The number of ether oxygens (including phenoxy) is 1. The smallest absolute Gasteiger partial charge is 0.422 e. The highest BCUT2D eigenvalue weighted by atomic mass is 32.1. The van der Waals surface area contributed by atoms with Gasteiger partial charge in [-0.05, 0) is 25.5 Å². The summed E-state index contributed by atoms with van der Waals surface area (Å²) >= 11 is 1.10. The van der Waals surface area contributed by atoms with Gasteiger partial charge in [0.25, 0.3) is 0 Å². The number of thiophene rings is 1. The van der Waals surface area contributed by atoms with Gasteiger partial charge in [-0.25, -0.2) is 4.98 Å². The van der Waals surface area contributed by atoms with Crippen LogP contribution < -0.4 is 10.1 Å². The molecule has 2 heterocycles. The third kappa shape index (κ3) is 4.84. The van der Waals surface area contributed by atoms with E-state index in [1.807, 2.05) is 36.5 Å².